The molecular weight excluding hydrogens is 232 g/mol. The SMILES string of the molecule is Cc1cc(C)c(C(=O)Nc2nccs2)c(C)c1. The average molecular weight is 246 g/mol. The van der Waals surface area contributed by atoms with E-state index in [1.54, 1.807) is 6.20 Å². The van der Waals surface area contributed by atoms with Crippen LogP contribution in [0.15, 0.2) is 23.7 Å². The minimum Gasteiger partial charge on any atom is -0.298 e. The molecule has 1 N–H and O–H groups in total. The number of carbonyl (C=O) groups excluding carboxylic acids is 1. The van der Waals surface area contributed by atoms with E-state index in [4.69, 9.17) is 0 Å². The van der Waals surface area contributed by atoms with Gasteiger partial charge in [0, 0.05) is 17.1 Å². The normalized spacial score (nSPS) is 10.3. The zero-order chi connectivity index (χ0) is 12.4. The molecule has 1 heterocycles. The highest BCUT2D eigenvalue weighted by Gasteiger charge is 2.13. The van der Waals surface area contributed by atoms with Crippen LogP contribution < -0.4 is 5.32 Å². The first-order valence-corrected chi connectivity index (χ1v) is 6.24. The third kappa shape index (κ3) is 2.53. The second-order valence-corrected chi connectivity index (χ2v) is 4.96. The van der Waals surface area contributed by atoms with Crippen molar-refractivity contribution < 1.29 is 4.79 Å². The van der Waals surface area contributed by atoms with Crippen molar-refractivity contribution in [3.63, 3.8) is 0 Å². The van der Waals surface area contributed by atoms with Crippen LogP contribution in [0.4, 0.5) is 5.13 Å². The number of nitrogens with one attached hydrogen (secondary N) is 1. The van der Waals surface area contributed by atoms with E-state index < -0.39 is 0 Å². The first-order chi connectivity index (χ1) is 8.08. The van der Waals surface area contributed by atoms with Crippen molar-refractivity contribution in [3.05, 3.63) is 46.0 Å². The molecule has 0 aliphatic heterocycles. The Bertz CT molecular complexity index is 524. The lowest BCUT2D eigenvalue weighted by atomic mass is 9.99. The lowest BCUT2D eigenvalue weighted by Crippen LogP contribution is -2.15. The molecule has 0 fully saturated rings. The summed E-state index contributed by atoms with van der Waals surface area (Å²) in [6.45, 7) is 5.94. The predicted molar refractivity (Wildman–Crippen MR) is 70.7 cm³/mol. The number of hydrogen-bond donors (Lipinski definition) is 1. The first kappa shape index (κ1) is 11.8. The first-order valence-electron chi connectivity index (χ1n) is 5.36. The van der Waals surface area contributed by atoms with Crippen molar-refractivity contribution in [2.75, 3.05) is 5.32 Å². The third-order valence-electron chi connectivity index (χ3n) is 2.56. The van der Waals surface area contributed by atoms with Crippen LogP contribution in [-0.4, -0.2) is 10.9 Å². The summed E-state index contributed by atoms with van der Waals surface area (Å²) in [6.07, 6.45) is 1.68. The maximum Gasteiger partial charge on any atom is 0.257 e. The van der Waals surface area contributed by atoms with Gasteiger partial charge in [-0.2, -0.15) is 0 Å². The molecule has 0 unspecified atom stereocenters. The van der Waals surface area contributed by atoms with Gasteiger partial charge in [0.05, 0.1) is 0 Å². The Hall–Kier alpha value is -1.68. The number of thiazole rings is 1. The van der Waals surface area contributed by atoms with Gasteiger partial charge in [-0.05, 0) is 31.9 Å². The van der Waals surface area contributed by atoms with Gasteiger partial charge >= 0.3 is 0 Å². The molecule has 3 nitrogen and oxygen atoms in total. The second kappa shape index (κ2) is 4.67. The number of hydrogen-bond acceptors (Lipinski definition) is 3. The molecule has 88 valence electrons. The molecule has 4 heteroatoms. The summed E-state index contributed by atoms with van der Waals surface area (Å²) >= 11 is 1.42. The number of nitrogens with zero attached hydrogens (tertiary/aromatic N) is 1. The van der Waals surface area contributed by atoms with Gasteiger partial charge in [0.25, 0.3) is 5.91 Å². The van der Waals surface area contributed by atoms with Crippen LogP contribution in [-0.2, 0) is 0 Å². The van der Waals surface area contributed by atoms with Crippen LogP contribution in [0.3, 0.4) is 0 Å². The number of aromatic nitrogens is 1. The van der Waals surface area contributed by atoms with Crippen molar-refractivity contribution in [1.29, 1.82) is 0 Å². The number of anilines is 1. The fourth-order valence-electron chi connectivity index (χ4n) is 1.98. The molecule has 1 amide bonds. The van der Waals surface area contributed by atoms with Crippen LogP contribution in [0.25, 0.3) is 0 Å². The molecule has 0 aliphatic carbocycles. The van der Waals surface area contributed by atoms with Gasteiger partial charge < -0.3 is 0 Å². The molecule has 0 bridgehead atoms. The summed E-state index contributed by atoms with van der Waals surface area (Å²) in [5, 5.41) is 5.28. The van der Waals surface area contributed by atoms with Crippen LogP contribution in [0.1, 0.15) is 27.0 Å². The summed E-state index contributed by atoms with van der Waals surface area (Å²) in [5.74, 6) is -0.0880. The highest BCUT2D eigenvalue weighted by molar-refractivity contribution is 7.13. The minimum absolute atomic E-state index is 0.0880. The molecule has 0 spiro atoms. The molecule has 1 aromatic heterocycles. The van der Waals surface area contributed by atoms with E-state index in [0.717, 1.165) is 16.7 Å². The molecule has 1 aromatic carbocycles. The zero-order valence-electron chi connectivity index (χ0n) is 10.1. The quantitative estimate of drug-likeness (QED) is 0.883. The predicted octanol–water partition coefficient (Wildman–Crippen LogP) is 3.32. The molecule has 0 saturated heterocycles. The zero-order valence-corrected chi connectivity index (χ0v) is 10.9. The standard InChI is InChI=1S/C13H14N2OS/c1-8-6-9(2)11(10(3)7-8)12(16)15-13-14-4-5-17-13/h4-7H,1-3H3,(H,14,15,16). The molecule has 0 radical (unpaired) electrons. The maximum atomic E-state index is 12.1. The highest BCUT2D eigenvalue weighted by Crippen LogP contribution is 2.19. The number of aryl methyl sites for hydroxylation is 3. The van der Waals surface area contributed by atoms with E-state index in [9.17, 15) is 4.79 Å². The summed E-state index contributed by atoms with van der Waals surface area (Å²) in [4.78, 5) is 16.2. The molecule has 0 atom stereocenters. The number of rotatable bonds is 2. The number of amides is 1. The summed E-state index contributed by atoms with van der Waals surface area (Å²) in [6, 6.07) is 4.04. The smallest absolute Gasteiger partial charge is 0.257 e. The van der Waals surface area contributed by atoms with Crippen molar-refractivity contribution in [3.8, 4) is 0 Å². The van der Waals surface area contributed by atoms with Gasteiger partial charge in [-0.3, -0.25) is 10.1 Å². The lowest BCUT2D eigenvalue weighted by Gasteiger charge is -2.10. The average Bonchev–Trinajstić information content (AvgIpc) is 2.68. The summed E-state index contributed by atoms with van der Waals surface area (Å²) < 4.78 is 0. The van der Waals surface area contributed by atoms with Crippen molar-refractivity contribution >= 4 is 22.4 Å². The Morgan fingerprint density at radius 2 is 1.88 bits per heavy atom. The molecular formula is C13H14N2OS. The Kier molecular flexibility index (Phi) is 3.24. The van der Waals surface area contributed by atoms with E-state index in [-0.39, 0.29) is 5.91 Å². The Balaban J connectivity index is 2.31. The summed E-state index contributed by atoms with van der Waals surface area (Å²) in [7, 11) is 0. The maximum absolute atomic E-state index is 12.1. The van der Waals surface area contributed by atoms with E-state index in [1.807, 2.05) is 38.3 Å². The van der Waals surface area contributed by atoms with Gasteiger partial charge in [-0.25, -0.2) is 4.98 Å². The van der Waals surface area contributed by atoms with Crippen LogP contribution in [0.2, 0.25) is 0 Å². The molecule has 2 rings (SSSR count). The fourth-order valence-corrected chi connectivity index (χ4v) is 2.51. The minimum atomic E-state index is -0.0880. The van der Waals surface area contributed by atoms with Gasteiger partial charge in [-0.15, -0.1) is 11.3 Å². The van der Waals surface area contributed by atoms with Crippen LogP contribution >= 0.6 is 11.3 Å². The van der Waals surface area contributed by atoms with Gasteiger partial charge in [0.15, 0.2) is 5.13 Å². The van der Waals surface area contributed by atoms with E-state index in [0.29, 0.717) is 5.13 Å². The van der Waals surface area contributed by atoms with Gasteiger partial charge in [-0.1, -0.05) is 17.7 Å². The molecule has 0 saturated carbocycles. The van der Waals surface area contributed by atoms with Crippen LogP contribution in [0.5, 0.6) is 0 Å². The van der Waals surface area contributed by atoms with Crippen molar-refractivity contribution in [2.45, 2.75) is 20.8 Å². The van der Waals surface area contributed by atoms with E-state index in [1.165, 1.54) is 16.9 Å². The largest absolute Gasteiger partial charge is 0.298 e. The molecule has 17 heavy (non-hydrogen) atoms. The summed E-state index contributed by atoms with van der Waals surface area (Å²) in [5.41, 5.74) is 3.91. The second-order valence-electron chi connectivity index (χ2n) is 4.07. The number of benzene rings is 1. The Labute approximate surface area is 105 Å². The van der Waals surface area contributed by atoms with Crippen molar-refractivity contribution in [1.82, 2.24) is 4.98 Å². The van der Waals surface area contributed by atoms with Crippen molar-refractivity contribution in [2.24, 2.45) is 0 Å². The Morgan fingerprint density at radius 1 is 1.24 bits per heavy atom. The third-order valence-corrected chi connectivity index (χ3v) is 3.25. The topological polar surface area (TPSA) is 42.0 Å². The van der Waals surface area contributed by atoms with Gasteiger partial charge in [0.2, 0.25) is 0 Å². The van der Waals surface area contributed by atoms with E-state index >= 15 is 0 Å². The molecule has 2 aromatic rings. The number of carbonyl (C=O) groups is 1. The van der Waals surface area contributed by atoms with Crippen LogP contribution in [0, 0.1) is 20.8 Å². The molecule has 0 aliphatic rings. The van der Waals surface area contributed by atoms with Gasteiger partial charge in [0.1, 0.15) is 0 Å². The Morgan fingerprint density at radius 3 is 2.41 bits per heavy atom. The monoisotopic (exact) mass is 246 g/mol. The van der Waals surface area contributed by atoms with E-state index in [2.05, 4.69) is 10.3 Å². The fraction of sp³-hybridized carbons (Fsp3) is 0.231. The highest BCUT2D eigenvalue weighted by atomic mass is 32.1. The lowest BCUT2D eigenvalue weighted by molar-refractivity contribution is 0.102.